The summed E-state index contributed by atoms with van der Waals surface area (Å²) >= 11 is 0. The molecule has 3 aromatic rings. The highest BCUT2D eigenvalue weighted by Crippen LogP contribution is 2.17. The topological polar surface area (TPSA) is 61.2 Å². The van der Waals surface area contributed by atoms with Gasteiger partial charge in [-0.05, 0) is 31.2 Å². The number of ether oxygens (including phenoxy) is 1. The van der Waals surface area contributed by atoms with Crippen LogP contribution in [0.15, 0.2) is 47.3 Å². The summed E-state index contributed by atoms with van der Waals surface area (Å²) < 4.78 is 33.0. The van der Waals surface area contributed by atoms with E-state index in [1.807, 2.05) is 0 Å². The zero-order valence-electron chi connectivity index (χ0n) is 12.6. The predicted molar refractivity (Wildman–Crippen MR) is 83.2 cm³/mol. The third-order valence-electron chi connectivity index (χ3n) is 3.38. The number of carbonyl (C=O) groups excluding carboxylic acids is 1. The van der Waals surface area contributed by atoms with Crippen LogP contribution in [-0.4, -0.2) is 22.1 Å². The van der Waals surface area contributed by atoms with Gasteiger partial charge in [0.05, 0.1) is 23.2 Å². The normalized spacial score (nSPS) is 10.8. The van der Waals surface area contributed by atoms with Crippen molar-refractivity contribution >= 4 is 16.9 Å². The zero-order chi connectivity index (χ0) is 17.3. The number of benzene rings is 2. The molecule has 5 nitrogen and oxygen atoms in total. The van der Waals surface area contributed by atoms with E-state index in [0.717, 1.165) is 16.7 Å². The molecule has 2 aromatic carbocycles. The van der Waals surface area contributed by atoms with Gasteiger partial charge in [0.1, 0.15) is 11.6 Å². The Hall–Kier alpha value is -3.09. The summed E-state index contributed by atoms with van der Waals surface area (Å²) in [5.41, 5.74) is -0.638. The number of hydrogen-bond donors (Lipinski definition) is 0. The Morgan fingerprint density at radius 1 is 1.21 bits per heavy atom. The minimum absolute atomic E-state index is 0.0629. The third-order valence-corrected chi connectivity index (χ3v) is 3.38. The van der Waals surface area contributed by atoms with E-state index in [1.54, 1.807) is 25.1 Å². The van der Waals surface area contributed by atoms with Crippen molar-refractivity contribution in [3.05, 3.63) is 70.3 Å². The molecule has 0 radical (unpaired) electrons. The van der Waals surface area contributed by atoms with E-state index >= 15 is 0 Å². The Kier molecular flexibility index (Phi) is 4.07. The summed E-state index contributed by atoms with van der Waals surface area (Å²) in [7, 11) is 0. The first-order valence-electron chi connectivity index (χ1n) is 7.17. The van der Waals surface area contributed by atoms with E-state index in [4.69, 9.17) is 4.74 Å². The highest BCUT2D eigenvalue weighted by molar-refractivity contribution is 5.89. The molecule has 1 aromatic heterocycles. The van der Waals surface area contributed by atoms with Crippen LogP contribution < -0.4 is 5.56 Å². The van der Waals surface area contributed by atoms with Crippen molar-refractivity contribution < 1.29 is 18.3 Å². The summed E-state index contributed by atoms with van der Waals surface area (Å²) in [5, 5.41) is 0.203. The number of nitrogens with zero attached hydrogens (tertiary/aromatic N) is 2. The Balaban J connectivity index is 2.39. The van der Waals surface area contributed by atoms with E-state index in [0.29, 0.717) is 6.07 Å². The minimum atomic E-state index is -0.986. The quantitative estimate of drug-likeness (QED) is 0.693. The van der Waals surface area contributed by atoms with E-state index in [-0.39, 0.29) is 29.0 Å². The minimum Gasteiger partial charge on any atom is -0.460 e. The number of fused-ring (bicyclic) bond motifs is 1. The van der Waals surface area contributed by atoms with Gasteiger partial charge >= 0.3 is 5.97 Å². The van der Waals surface area contributed by atoms with E-state index in [9.17, 15) is 18.4 Å². The molecule has 1 heterocycles. The van der Waals surface area contributed by atoms with Crippen LogP contribution in [0.25, 0.3) is 16.6 Å². The molecule has 0 aliphatic rings. The molecule has 0 saturated carbocycles. The van der Waals surface area contributed by atoms with Gasteiger partial charge in [-0.1, -0.05) is 12.1 Å². The van der Waals surface area contributed by atoms with Crippen LogP contribution in [0.5, 0.6) is 0 Å². The van der Waals surface area contributed by atoms with Crippen molar-refractivity contribution in [2.24, 2.45) is 0 Å². The highest BCUT2D eigenvalue weighted by Gasteiger charge is 2.21. The molecule has 24 heavy (non-hydrogen) atoms. The lowest BCUT2D eigenvalue weighted by Crippen LogP contribution is -2.28. The Bertz CT molecular complexity index is 999. The second kappa shape index (κ2) is 6.19. The molecule has 122 valence electrons. The van der Waals surface area contributed by atoms with Gasteiger partial charge in [-0.15, -0.1) is 0 Å². The molecule has 0 amide bonds. The van der Waals surface area contributed by atoms with E-state index in [2.05, 4.69) is 4.98 Å². The van der Waals surface area contributed by atoms with Crippen LogP contribution in [0.1, 0.15) is 17.5 Å². The summed E-state index contributed by atoms with van der Waals surface area (Å²) in [6, 6.07) is 9.06. The maximum absolute atomic E-state index is 14.2. The second-order valence-electron chi connectivity index (χ2n) is 4.91. The largest absolute Gasteiger partial charge is 0.460 e. The predicted octanol–water partition coefficient (Wildman–Crippen LogP) is 2.84. The molecular formula is C17H12F2N2O3. The third kappa shape index (κ3) is 2.64. The number of esters is 1. The Morgan fingerprint density at radius 3 is 2.67 bits per heavy atom. The van der Waals surface area contributed by atoms with Gasteiger partial charge in [0.25, 0.3) is 5.56 Å². The first-order valence-corrected chi connectivity index (χ1v) is 7.17. The number of halogens is 2. The molecule has 0 saturated heterocycles. The number of rotatable bonds is 3. The van der Waals surface area contributed by atoms with Gasteiger partial charge in [0.15, 0.2) is 0 Å². The van der Waals surface area contributed by atoms with Crippen LogP contribution in [-0.2, 0) is 4.74 Å². The van der Waals surface area contributed by atoms with Crippen molar-refractivity contribution in [2.75, 3.05) is 6.61 Å². The Morgan fingerprint density at radius 2 is 1.96 bits per heavy atom. The molecule has 0 N–H and O–H groups in total. The second-order valence-corrected chi connectivity index (χ2v) is 4.91. The summed E-state index contributed by atoms with van der Waals surface area (Å²) in [6.07, 6.45) is 0. The van der Waals surface area contributed by atoms with Crippen LogP contribution in [0.4, 0.5) is 8.78 Å². The average Bonchev–Trinajstić information content (AvgIpc) is 2.56. The summed E-state index contributed by atoms with van der Waals surface area (Å²) in [5.74, 6) is -3.02. The fourth-order valence-corrected chi connectivity index (χ4v) is 2.35. The van der Waals surface area contributed by atoms with Gasteiger partial charge in [-0.25, -0.2) is 18.6 Å². The van der Waals surface area contributed by atoms with Gasteiger partial charge in [0, 0.05) is 6.07 Å². The molecule has 0 fully saturated rings. The smallest absolute Gasteiger partial charge is 0.375 e. The van der Waals surface area contributed by atoms with Crippen molar-refractivity contribution in [1.82, 2.24) is 9.55 Å². The number of para-hydroxylation sites is 1. The molecule has 7 heteroatoms. The van der Waals surface area contributed by atoms with Gasteiger partial charge in [-0.3, -0.25) is 9.36 Å². The number of hydrogen-bond acceptors (Lipinski definition) is 4. The van der Waals surface area contributed by atoms with Gasteiger partial charge in [0.2, 0.25) is 5.82 Å². The van der Waals surface area contributed by atoms with Gasteiger partial charge in [-0.2, -0.15) is 0 Å². The Labute approximate surface area is 135 Å². The monoisotopic (exact) mass is 330 g/mol. The van der Waals surface area contributed by atoms with Crippen molar-refractivity contribution in [1.29, 1.82) is 0 Å². The molecule has 0 aliphatic heterocycles. The average molecular weight is 330 g/mol. The SMILES string of the molecule is CCOC(=O)c1nc2ccccc2c(=O)n1-c1ccc(F)cc1F. The van der Waals surface area contributed by atoms with Crippen LogP contribution in [0.2, 0.25) is 0 Å². The lowest BCUT2D eigenvalue weighted by Gasteiger charge is -2.13. The lowest BCUT2D eigenvalue weighted by atomic mass is 10.2. The van der Waals surface area contributed by atoms with Gasteiger partial charge < -0.3 is 4.74 Å². The van der Waals surface area contributed by atoms with Crippen LogP contribution >= 0.6 is 0 Å². The molecule has 0 atom stereocenters. The lowest BCUT2D eigenvalue weighted by molar-refractivity contribution is 0.0508. The summed E-state index contributed by atoms with van der Waals surface area (Å²) in [6.45, 7) is 1.66. The standard InChI is InChI=1S/C17H12F2N2O3/c1-2-24-17(23)15-20-13-6-4-3-5-11(13)16(22)21(15)14-8-7-10(18)9-12(14)19/h3-9H,2H2,1H3. The molecule has 0 unspecified atom stereocenters. The fourth-order valence-electron chi connectivity index (χ4n) is 2.35. The molecule has 3 rings (SSSR count). The highest BCUT2D eigenvalue weighted by atomic mass is 19.1. The maximum Gasteiger partial charge on any atom is 0.375 e. The zero-order valence-corrected chi connectivity index (χ0v) is 12.6. The number of carbonyl (C=O) groups is 1. The summed E-state index contributed by atoms with van der Waals surface area (Å²) in [4.78, 5) is 29.0. The molecule has 0 aliphatic carbocycles. The first kappa shape index (κ1) is 15.8. The van der Waals surface area contributed by atoms with Crippen LogP contribution in [0, 0.1) is 11.6 Å². The van der Waals surface area contributed by atoms with Crippen molar-refractivity contribution in [3.8, 4) is 5.69 Å². The molecular weight excluding hydrogens is 318 g/mol. The van der Waals surface area contributed by atoms with Crippen LogP contribution in [0.3, 0.4) is 0 Å². The molecule has 0 spiro atoms. The van der Waals surface area contributed by atoms with Crippen molar-refractivity contribution in [2.45, 2.75) is 6.92 Å². The van der Waals surface area contributed by atoms with E-state index < -0.39 is 23.2 Å². The van der Waals surface area contributed by atoms with E-state index in [1.165, 1.54) is 6.07 Å². The molecule has 0 bridgehead atoms. The first-order chi connectivity index (χ1) is 11.5. The fraction of sp³-hybridized carbons (Fsp3) is 0.118. The number of aromatic nitrogens is 2. The van der Waals surface area contributed by atoms with Crippen molar-refractivity contribution in [3.63, 3.8) is 0 Å². The maximum atomic E-state index is 14.2.